The van der Waals surface area contributed by atoms with Crippen LogP contribution in [0.2, 0.25) is 0 Å². The number of hydrogen-bond acceptors (Lipinski definition) is 4. The first-order valence-electron chi connectivity index (χ1n) is 7.72. The summed E-state index contributed by atoms with van der Waals surface area (Å²) in [6, 6.07) is 14.5. The Bertz CT molecular complexity index is 1060. The minimum atomic E-state index is -2.91. The molecule has 5 nitrogen and oxygen atoms in total. The van der Waals surface area contributed by atoms with E-state index in [9.17, 15) is 8.78 Å². The van der Waals surface area contributed by atoms with Gasteiger partial charge in [0.2, 0.25) is 0 Å². The molecule has 0 N–H and O–H groups in total. The maximum absolute atomic E-state index is 13.1. The van der Waals surface area contributed by atoms with Crippen molar-refractivity contribution in [3.05, 3.63) is 54.7 Å². The fourth-order valence-corrected chi connectivity index (χ4v) is 2.58. The number of ether oxygens (including phenoxy) is 1. The predicted octanol–water partition coefficient (Wildman–Crippen LogP) is 3.98. The van der Waals surface area contributed by atoms with Crippen molar-refractivity contribution in [2.75, 3.05) is 6.61 Å². The lowest BCUT2D eigenvalue weighted by Crippen LogP contribution is -2.21. The predicted molar refractivity (Wildman–Crippen MR) is 89.8 cm³/mol. The molecule has 0 aliphatic carbocycles. The Morgan fingerprint density at radius 1 is 1.04 bits per heavy atom. The van der Waals surface area contributed by atoms with Crippen LogP contribution in [0.15, 0.2) is 54.7 Å². The van der Waals surface area contributed by atoms with Crippen LogP contribution < -0.4 is 4.74 Å². The van der Waals surface area contributed by atoms with Gasteiger partial charge < -0.3 is 4.74 Å². The van der Waals surface area contributed by atoms with Gasteiger partial charge >= 0.3 is 0 Å². The molecule has 126 valence electrons. The Morgan fingerprint density at radius 3 is 2.76 bits per heavy atom. The van der Waals surface area contributed by atoms with Gasteiger partial charge in [-0.15, -0.1) is 10.2 Å². The molecule has 0 amide bonds. The fraction of sp³-hybridized carbons (Fsp3) is 0.167. The number of alkyl halides is 2. The van der Waals surface area contributed by atoms with Crippen molar-refractivity contribution in [3.8, 4) is 17.3 Å². The molecule has 0 spiro atoms. The third-order valence-corrected chi connectivity index (χ3v) is 3.71. The molecule has 3 aromatic heterocycles. The van der Waals surface area contributed by atoms with Crippen molar-refractivity contribution in [2.24, 2.45) is 0 Å². The smallest absolute Gasteiger partial charge is 0.278 e. The van der Waals surface area contributed by atoms with Crippen molar-refractivity contribution >= 4 is 16.6 Å². The molecule has 0 aliphatic heterocycles. The molecule has 0 bridgehead atoms. The topological polar surface area (TPSA) is 52.3 Å². The second kappa shape index (κ2) is 5.77. The van der Waals surface area contributed by atoms with Gasteiger partial charge in [-0.2, -0.15) is 0 Å². The van der Waals surface area contributed by atoms with Crippen molar-refractivity contribution in [2.45, 2.75) is 12.8 Å². The Balaban J connectivity index is 1.81. The van der Waals surface area contributed by atoms with Gasteiger partial charge in [0.1, 0.15) is 17.0 Å². The number of aromatic nitrogens is 4. The van der Waals surface area contributed by atoms with Crippen LogP contribution in [0, 0.1) is 0 Å². The van der Waals surface area contributed by atoms with E-state index in [1.165, 1.54) is 0 Å². The third-order valence-electron chi connectivity index (χ3n) is 3.71. The number of nitrogens with zero attached hydrogens (tertiary/aromatic N) is 4. The molecule has 0 saturated heterocycles. The van der Waals surface area contributed by atoms with Crippen LogP contribution in [0.5, 0.6) is 5.75 Å². The molecule has 1 aromatic carbocycles. The summed E-state index contributed by atoms with van der Waals surface area (Å²) in [6.45, 7) is 0.116. The number of benzene rings is 1. The zero-order valence-electron chi connectivity index (χ0n) is 13.4. The first kappa shape index (κ1) is 15.4. The van der Waals surface area contributed by atoms with Crippen LogP contribution in [0.1, 0.15) is 6.92 Å². The number of fused-ring (bicyclic) bond motifs is 2. The maximum Gasteiger partial charge on any atom is 0.278 e. The minimum Gasteiger partial charge on any atom is -0.485 e. The van der Waals surface area contributed by atoms with Gasteiger partial charge in [-0.25, -0.2) is 13.8 Å². The summed E-state index contributed by atoms with van der Waals surface area (Å²) in [7, 11) is 0. The Kier molecular flexibility index (Phi) is 3.56. The first-order valence-corrected chi connectivity index (χ1v) is 7.72. The van der Waals surface area contributed by atoms with Crippen molar-refractivity contribution in [1.82, 2.24) is 19.6 Å². The average molecular weight is 340 g/mol. The third kappa shape index (κ3) is 3.00. The molecular weight excluding hydrogens is 326 g/mol. The highest BCUT2D eigenvalue weighted by molar-refractivity contribution is 5.86. The largest absolute Gasteiger partial charge is 0.485 e. The van der Waals surface area contributed by atoms with E-state index in [0.717, 1.165) is 12.3 Å². The molecule has 0 atom stereocenters. The lowest BCUT2D eigenvalue weighted by atomic mass is 10.2. The minimum absolute atomic E-state index is 0.315. The van der Waals surface area contributed by atoms with Crippen LogP contribution in [0.25, 0.3) is 28.1 Å². The van der Waals surface area contributed by atoms with Gasteiger partial charge in [0.05, 0.1) is 0 Å². The second-order valence-electron chi connectivity index (χ2n) is 5.84. The molecule has 7 heteroatoms. The highest BCUT2D eigenvalue weighted by Crippen LogP contribution is 2.28. The van der Waals surface area contributed by atoms with Gasteiger partial charge in [-0.3, -0.25) is 4.40 Å². The Hall–Kier alpha value is -3.09. The average Bonchev–Trinajstić information content (AvgIpc) is 3.03. The number of para-hydroxylation sites is 1. The number of rotatable bonds is 4. The van der Waals surface area contributed by atoms with Crippen LogP contribution in [-0.4, -0.2) is 32.1 Å². The molecule has 0 unspecified atom stereocenters. The molecule has 3 heterocycles. The monoisotopic (exact) mass is 340 g/mol. The highest BCUT2D eigenvalue weighted by Gasteiger charge is 2.22. The van der Waals surface area contributed by atoms with Gasteiger partial charge in [0.15, 0.2) is 18.1 Å². The summed E-state index contributed by atoms with van der Waals surface area (Å²) in [5.41, 5.74) is 1.80. The molecular formula is C18H14F2N4O. The molecule has 0 saturated carbocycles. The molecule has 4 aromatic rings. The van der Waals surface area contributed by atoms with E-state index in [1.54, 1.807) is 12.1 Å². The van der Waals surface area contributed by atoms with Gasteiger partial charge in [0, 0.05) is 18.5 Å². The van der Waals surface area contributed by atoms with E-state index < -0.39 is 12.5 Å². The van der Waals surface area contributed by atoms with E-state index in [1.807, 2.05) is 47.0 Å². The second-order valence-corrected chi connectivity index (χ2v) is 5.84. The fourth-order valence-electron chi connectivity index (χ4n) is 2.58. The van der Waals surface area contributed by atoms with Crippen LogP contribution >= 0.6 is 0 Å². The van der Waals surface area contributed by atoms with E-state index >= 15 is 0 Å². The summed E-state index contributed by atoms with van der Waals surface area (Å²) in [6.07, 6.45) is 1.84. The van der Waals surface area contributed by atoms with Crippen molar-refractivity contribution in [1.29, 1.82) is 0 Å². The SMILES string of the molecule is CC(F)(F)COc1cccc2ccc(-c3nnc4ccccn34)nc12. The van der Waals surface area contributed by atoms with Gasteiger partial charge in [-0.05, 0) is 24.3 Å². The Labute approximate surface area is 141 Å². The molecule has 0 fully saturated rings. The standard InChI is InChI=1S/C18H14F2N4O/c1-18(19,20)11-25-14-6-4-5-12-8-9-13(21-16(12)14)17-23-22-15-7-2-3-10-24(15)17/h2-10H,11H2,1H3. The summed E-state index contributed by atoms with van der Waals surface area (Å²) in [5, 5.41) is 9.09. The molecule has 0 aliphatic rings. The maximum atomic E-state index is 13.1. The Morgan fingerprint density at radius 2 is 1.92 bits per heavy atom. The first-order chi connectivity index (χ1) is 12.0. The normalized spacial score (nSPS) is 12.0. The number of pyridine rings is 2. The summed E-state index contributed by atoms with van der Waals surface area (Å²) in [4.78, 5) is 4.58. The van der Waals surface area contributed by atoms with Crippen molar-refractivity contribution < 1.29 is 13.5 Å². The van der Waals surface area contributed by atoms with Gasteiger partial charge in [-0.1, -0.05) is 24.3 Å². The lowest BCUT2D eigenvalue weighted by molar-refractivity contribution is -0.0225. The zero-order chi connectivity index (χ0) is 17.4. The summed E-state index contributed by atoms with van der Waals surface area (Å²) >= 11 is 0. The molecule has 25 heavy (non-hydrogen) atoms. The van der Waals surface area contributed by atoms with Crippen molar-refractivity contribution in [3.63, 3.8) is 0 Å². The summed E-state index contributed by atoms with van der Waals surface area (Å²) < 4.78 is 33.3. The number of halogens is 2. The van der Waals surface area contributed by atoms with E-state index in [2.05, 4.69) is 15.2 Å². The van der Waals surface area contributed by atoms with Crippen LogP contribution in [-0.2, 0) is 0 Å². The quantitative estimate of drug-likeness (QED) is 0.564. The van der Waals surface area contributed by atoms with Gasteiger partial charge in [0.25, 0.3) is 5.92 Å². The number of hydrogen-bond donors (Lipinski definition) is 0. The van der Waals surface area contributed by atoms with E-state index in [-0.39, 0.29) is 0 Å². The zero-order valence-corrected chi connectivity index (χ0v) is 13.4. The molecule has 0 radical (unpaired) electrons. The summed E-state index contributed by atoms with van der Waals surface area (Å²) in [5.74, 6) is -2.02. The van der Waals surface area contributed by atoms with Crippen LogP contribution in [0.4, 0.5) is 8.78 Å². The van der Waals surface area contributed by atoms with Crippen LogP contribution in [0.3, 0.4) is 0 Å². The highest BCUT2D eigenvalue weighted by atomic mass is 19.3. The van der Waals surface area contributed by atoms with E-state index in [4.69, 9.17) is 4.74 Å². The van der Waals surface area contributed by atoms with E-state index in [0.29, 0.717) is 28.4 Å². The lowest BCUT2D eigenvalue weighted by Gasteiger charge is -2.13. The molecule has 4 rings (SSSR count).